The lowest BCUT2D eigenvalue weighted by molar-refractivity contribution is 1.05. The normalized spacial score (nSPS) is 11.2. The van der Waals surface area contributed by atoms with Crippen molar-refractivity contribution in [2.75, 3.05) is 0 Å². The van der Waals surface area contributed by atoms with E-state index in [0.717, 1.165) is 39.0 Å². The highest BCUT2D eigenvalue weighted by Gasteiger charge is 2.16. The van der Waals surface area contributed by atoms with E-state index in [-0.39, 0.29) is 0 Å². The first-order chi connectivity index (χ1) is 9.47. The lowest BCUT2D eigenvalue weighted by Gasteiger charge is -2.11. The average Bonchev–Trinajstić information content (AvgIpc) is 2.78. The third-order valence-corrected chi connectivity index (χ3v) is 3.93. The molecule has 102 valence electrons. The number of aromatic nitrogens is 3. The molecule has 0 saturated carbocycles. The van der Waals surface area contributed by atoms with Crippen molar-refractivity contribution >= 4 is 34.1 Å². The quantitative estimate of drug-likeness (QED) is 0.652. The fourth-order valence-electron chi connectivity index (χ4n) is 2.42. The number of nitrogens with one attached hydrogen (secondary N) is 1. The number of nitrogens with zero attached hydrogens (tertiary/aromatic N) is 2. The first-order valence-corrected chi connectivity index (χ1v) is 7.01. The van der Waals surface area contributed by atoms with Crippen LogP contribution in [-0.2, 0) is 0 Å². The van der Waals surface area contributed by atoms with Crippen molar-refractivity contribution in [2.24, 2.45) is 0 Å². The molecular formula is C15H13Cl2N3. The molecule has 0 aliphatic rings. The Balaban J connectivity index is 2.39. The second-order valence-electron chi connectivity index (χ2n) is 4.98. The van der Waals surface area contributed by atoms with Crippen molar-refractivity contribution in [3.05, 3.63) is 45.2 Å². The highest BCUT2D eigenvalue weighted by Crippen LogP contribution is 2.36. The first kappa shape index (κ1) is 13.4. The Labute approximate surface area is 126 Å². The van der Waals surface area contributed by atoms with Gasteiger partial charge >= 0.3 is 0 Å². The predicted octanol–water partition coefficient (Wildman–Crippen LogP) is 4.86. The molecule has 5 heteroatoms. The molecule has 0 aliphatic carbocycles. The number of fused-ring (bicyclic) bond motifs is 1. The third-order valence-electron chi connectivity index (χ3n) is 3.37. The summed E-state index contributed by atoms with van der Waals surface area (Å²) in [5.41, 5.74) is 5.51. The number of aromatic amines is 1. The molecule has 3 nitrogen and oxygen atoms in total. The van der Waals surface area contributed by atoms with Crippen molar-refractivity contribution in [1.82, 2.24) is 15.2 Å². The van der Waals surface area contributed by atoms with Crippen molar-refractivity contribution in [2.45, 2.75) is 20.8 Å². The largest absolute Gasteiger partial charge is 0.282 e. The Kier molecular flexibility index (Phi) is 3.19. The van der Waals surface area contributed by atoms with Gasteiger partial charge in [-0.15, -0.1) is 0 Å². The summed E-state index contributed by atoms with van der Waals surface area (Å²) < 4.78 is 0. The highest BCUT2D eigenvalue weighted by molar-refractivity contribution is 6.37. The average molecular weight is 306 g/mol. The van der Waals surface area contributed by atoms with Gasteiger partial charge in [-0.25, -0.2) is 4.98 Å². The molecule has 0 saturated heterocycles. The van der Waals surface area contributed by atoms with E-state index in [1.807, 2.05) is 32.9 Å². The maximum atomic E-state index is 6.34. The van der Waals surface area contributed by atoms with Crippen LogP contribution in [0.1, 0.15) is 16.8 Å². The molecule has 20 heavy (non-hydrogen) atoms. The van der Waals surface area contributed by atoms with E-state index in [4.69, 9.17) is 23.2 Å². The maximum absolute atomic E-state index is 6.34. The zero-order valence-corrected chi connectivity index (χ0v) is 12.9. The second kappa shape index (κ2) is 4.76. The molecule has 1 N–H and O–H groups in total. The van der Waals surface area contributed by atoms with Gasteiger partial charge in [0.15, 0.2) is 0 Å². The minimum Gasteiger partial charge on any atom is -0.282 e. The van der Waals surface area contributed by atoms with E-state index in [0.29, 0.717) is 10.2 Å². The molecule has 0 aliphatic heterocycles. The number of benzene rings is 1. The predicted molar refractivity (Wildman–Crippen MR) is 83.6 cm³/mol. The summed E-state index contributed by atoms with van der Waals surface area (Å²) in [6.45, 7) is 5.98. The summed E-state index contributed by atoms with van der Waals surface area (Å²) >= 11 is 12.6. The molecule has 2 aromatic heterocycles. The van der Waals surface area contributed by atoms with E-state index in [2.05, 4.69) is 21.2 Å². The van der Waals surface area contributed by atoms with Gasteiger partial charge in [0.1, 0.15) is 5.15 Å². The lowest BCUT2D eigenvalue weighted by atomic mass is 10.0. The molecular weight excluding hydrogens is 293 g/mol. The van der Waals surface area contributed by atoms with Gasteiger partial charge in [-0.3, -0.25) is 5.10 Å². The monoisotopic (exact) mass is 305 g/mol. The van der Waals surface area contributed by atoms with Crippen LogP contribution in [0.4, 0.5) is 0 Å². The molecule has 3 aromatic rings. The zero-order chi connectivity index (χ0) is 14.4. The van der Waals surface area contributed by atoms with Gasteiger partial charge < -0.3 is 0 Å². The van der Waals surface area contributed by atoms with Gasteiger partial charge in [0.25, 0.3) is 0 Å². The van der Waals surface area contributed by atoms with Gasteiger partial charge in [0, 0.05) is 16.6 Å². The molecule has 0 radical (unpaired) electrons. The zero-order valence-electron chi connectivity index (χ0n) is 11.4. The number of pyridine rings is 1. The SMILES string of the molecule is Cc1cc(Cl)c2nc(Cl)c(-c3cc(C)[nH]n3)c(C)c2c1. The number of hydrogen-bond donors (Lipinski definition) is 1. The molecule has 0 fully saturated rings. The number of H-pyrrole nitrogens is 1. The standard InChI is InChI=1S/C15H13Cl2N3/c1-7-4-10-9(3)13(12-6-8(2)19-20-12)15(17)18-14(10)11(16)5-7/h4-6H,1-3H3,(H,19,20). The van der Waals surface area contributed by atoms with Crippen molar-refractivity contribution in [1.29, 1.82) is 0 Å². The van der Waals surface area contributed by atoms with Crippen molar-refractivity contribution < 1.29 is 0 Å². The van der Waals surface area contributed by atoms with Crippen LogP contribution in [0.25, 0.3) is 22.2 Å². The van der Waals surface area contributed by atoms with Crippen molar-refractivity contribution in [3.63, 3.8) is 0 Å². The van der Waals surface area contributed by atoms with E-state index in [1.54, 1.807) is 0 Å². The fourth-order valence-corrected chi connectivity index (χ4v) is 3.06. The van der Waals surface area contributed by atoms with Crippen LogP contribution >= 0.6 is 23.2 Å². The smallest absolute Gasteiger partial charge is 0.139 e. The van der Waals surface area contributed by atoms with E-state index in [9.17, 15) is 0 Å². The molecule has 0 atom stereocenters. The van der Waals surface area contributed by atoms with E-state index in [1.165, 1.54) is 0 Å². The second-order valence-corrected chi connectivity index (χ2v) is 5.75. The Morgan fingerprint density at radius 2 is 1.80 bits per heavy atom. The number of hydrogen-bond acceptors (Lipinski definition) is 2. The number of aryl methyl sites for hydroxylation is 3. The Morgan fingerprint density at radius 3 is 2.45 bits per heavy atom. The molecule has 0 bridgehead atoms. The van der Waals surface area contributed by atoms with Crippen LogP contribution in [0.3, 0.4) is 0 Å². The van der Waals surface area contributed by atoms with Crippen LogP contribution in [0, 0.1) is 20.8 Å². The third kappa shape index (κ3) is 2.07. The Morgan fingerprint density at radius 1 is 1.05 bits per heavy atom. The summed E-state index contributed by atoms with van der Waals surface area (Å²) in [5.74, 6) is 0. The molecule has 1 aromatic carbocycles. The van der Waals surface area contributed by atoms with Gasteiger partial charge in [-0.2, -0.15) is 5.10 Å². The van der Waals surface area contributed by atoms with Crippen LogP contribution in [0.5, 0.6) is 0 Å². The van der Waals surface area contributed by atoms with Crippen LogP contribution < -0.4 is 0 Å². The van der Waals surface area contributed by atoms with Crippen LogP contribution in [-0.4, -0.2) is 15.2 Å². The van der Waals surface area contributed by atoms with Gasteiger partial charge in [0.2, 0.25) is 0 Å². The summed E-state index contributed by atoms with van der Waals surface area (Å²) in [7, 11) is 0. The van der Waals surface area contributed by atoms with E-state index >= 15 is 0 Å². The number of rotatable bonds is 1. The topological polar surface area (TPSA) is 41.6 Å². The van der Waals surface area contributed by atoms with Crippen LogP contribution in [0.15, 0.2) is 18.2 Å². The molecule has 0 amide bonds. The summed E-state index contributed by atoms with van der Waals surface area (Å²) in [4.78, 5) is 4.44. The Hall–Kier alpha value is -1.58. The number of halogens is 2. The minimum absolute atomic E-state index is 0.423. The van der Waals surface area contributed by atoms with Gasteiger partial charge in [0.05, 0.1) is 16.2 Å². The highest BCUT2D eigenvalue weighted by atomic mass is 35.5. The van der Waals surface area contributed by atoms with Gasteiger partial charge in [-0.1, -0.05) is 23.2 Å². The molecule has 3 rings (SSSR count). The molecule has 2 heterocycles. The molecule has 0 spiro atoms. The fraction of sp³-hybridized carbons (Fsp3) is 0.200. The minimum atomic E-state index is 0.423. The summed E-state index contributed by atoms with van der Waals surface area (Å²) in [6, 6.07) is 5.92. The van der Waals surface area contributed by atoms with Crippen LogP contribution in [0.2, 0.25) is 10.2 Å². The van der Waals surface area contributed by atoms with Crippen molar-refractivity contribution in [3.8, 4) is 11.3 Å². The lowest BCUT2D eigenvalue weighted by Crippen LogP contribution is -1.93. The summed E-state index contributed by atoms with van der Waals surface area (Å²) in [6.07, 6.45) is 0. The van der Waals surface area contributed by atoms with E-state index < -0.39 is 0 Å². The Bertz CT molecular complexity index is 822. The first-order valence-electron chi connectivity index (χ1n) is 6.25. The summed E-state index contributed by atoms with van der Waals surface area (Å²) in [5, 5.41) is 9.26. The molecule has 0 unspecified atom stereocenters. The van der Waals surface area contributed by atoms with Gasteiger partial charge in [-0.05, 0) is 50.1 Å². The maximum Gasteiger partial charge on any atom is 0.139 e.